The molecule has 2 N–H and O–H groups in total. The Balaban J connectivity index is 1.18. The Morgan fingerprint density at radius 1 is 0.917 bits per heavy atom. The Hall–Kier alpha value is -3.26. The van der Waals surface area contributed by atoms with Crippen molar-refractivity contribution in [1.29, 1.82) is 0 Å². The highest BCUT2D eigenvalue weighted by Crippen LogP contribution is 2.31. The lowest BCUT2D eigenvalue weighted by Gasteiger charge is -2.18. The molecule has 0 bridgehead atoms. The molecule has 6 rings (SSSR count). The summed E-state index contributed by atoms with van der Waals surface area (Å²) >= 11 is 1.78. The molecular formula is C29H29N5OS. The van der Waals surface area contributed by atoms with Crippen LogP contribution in [0.4, 0.5) is 0 Å². The third-order valence-corrected chi connectivity index (χ3v) is 7.84. The summed E-state index contributed by atoms with van der Waals surface area (Å²) in [5, 5.41) is 6.48. The maximum Gasteiger partial charge on any atom is 0.238 e. The van der Waals surface area contributed by atoms with Gasteiger partial charge >= 0.3 is 0 Å². The molecule has 0 radical (unpaired) electrons. The quantitative estimate of drug-likeness (QED) is 0.415. The van der Waals surface area contributed by atoms with Crippen LogP contribution in [0.2, 0.25) is 0 Å². The maximum absolute atomic E-state index is 12.4. The molecule has 4 aromatic rings. The molecule has 3 aromatic carbocycles. The summed E-state index contributed by atoms with van der Waals surface area (Å²) in [5.74, 6) is 1.87. The fourth-order valence-electron chi connectivity index (χ4n) is 4.98. The summed E-state index contributed by atoms with van der Waals surface area (Å²) in [5.41, 5.74) is 6.97. The van der Waals surface area contributed by atoms with Crippen LogP contribution < -0.4 is 10.6 Å². The second-order valence-corrected chi connectivity index (χ2v) is 10.5. The first kappa shape index (κ1) is 23.2. The number of carbonyl (C=O) groups excluding carboxylic acids is 1. The summed E-state index contributed by atoms with van der Waals surface area (Å²) < 4.78 is 0. The monoisotopic (exact) mass is 495 g/mol. The van der Waals surface area contributed by atoms with E-state index in [1.807, 2.05) is 42.5 Å². The Morgan fingerprint density at radius 2 is 1.58 bits per heavy atom. The molecule has 2 atom stereocenters. The molecule has 182 valence electrons. The summed E-state index contributed by atoms with van der Waals surface area (Å²) in [7, 11) is 0. The summed E-state index contributed by atoms with van der Waals surface area (Å²) in [6, 6.07) is 27.1. The SMILES string of the molecule is O=C(NC1CCN(Cc2ccc(-c3nc4ccccc4nc3-c3ccccc3)cc2)C1)C1CSCN1. The molecule has 0 saturated carbocycles. The van der Waals surface area contributed by atoms with Gasteiger partial charge < -0.3 is 5.32 Å². The normalized spacial score (nSPS) is 20.1. The summed E-state index contributed by atoms with van der Waals surface area (Å²) in [4.78, 5) is 24.8. The number of para-hydroxylation sites is 2. The van der Waals surface area contributed by atoms with Crippen LogP contribution >= 0.6 is 11.8 Å². The second-order valence-electron chi connectivity index (χ2n) is 9.47. The van der Waals surface area contributed by atoms with Crippen molar-refractivity contribution in [2.45, 2.75) is 25.0 Å². The summed E-state index contributed by atoms with van der Waals surface area (Å²) in [6.45, 7) is 2.76. The van der Waals surface area contributed by atoms with Crippen LogP contribution in [-0.4, -0.2) is 57.6 Å². The van der Waals surface area contributed by atoms with Gasteiger partial charge in [-0.3, -0.25) is 15.0 Å². The highest BCUT2D eigenvalue weighted by Gasteiger charge is 2.28. The van der Waals surface area contributed by atoms with E-state index in [-0.39, 0.29) is 18.0 Å². The smallest absolute Gasteiger partial charge is 0.238 e. The lowest BCUT2D eigenvalue weighted by molar-refractivity contribution is -0.123. The average Bonchev–Trinajstić information content (AvgIpc) is 3.62. The Morgan fingerprint density at radius 3 is 2.25 bits per heavy atom. The van der Waals surface area contributed by atoms with E-state index in [1.54, 1.807) is 11.8 Å². The van der Waals surface area contributed by atoms with Crippen LogP contribution in [0.25, 0.3) is 33.5 Å². The first-order chi connectivity index (χ1) is 17.7. The molecule has 2 fully saturated rings. The zero-order chi connectivity index (χ0) is 24.3. The zero-order valence-electron chi connectivity index (χ0n) is 20.1. The lowest BCUT2D eigenvalue weighted by atomic mass is 10.0. The van der Waals surface area contributed by atoms with E-state index in [0.29, 0.717) is 0 Å². The van der Waals surface area contributed by atoms with Crippen molar-refractivity contribution < 1.29 is 4.79 Å². The minimum atomic E-state index is -0.0458. The van der Waals surface area contributed by atoms with Crippen molar-refractivity contribution in [2.75, 3.05) is 24.7 Å². The molecule has 6 nitrogen and oxygen atoms in total. The molecule has 2 aliphatic rings. The number of hydrogen-bond acceptors (Lipinski definition) is 6. The van der Waals surface area contributed by atoms with E-state index in [1.165, 1.54) is 5.56 Å². The van der Waals surface area contributed by atoms with Gasteiger partial charge in [0.15, 0.2) is 0 Å². The number of amides is 1. The van der Waals surface area contributed by atoms with Crippen LogP contribution in [0.15, 0.2) is 78.9 Å². The molecule has 1 amide bonds. The molecule has 2 unspecified atom stereocenters. The van der Waals surface area contributed by atoms with Crippen LogP contribution in [0.3, 0.4) is 0 Å². The van der Waals surface area contributed by atoms with E-state index < -0.39 is 0 Å². The number of thioether (sulfide) groups is 1. The van der Waals surface area contributed by atoms with Crippen molar-refractivity contribution >= 4 is 28.7 Å². The van der Waals surface area contributed by atoms with E-state index >= 15 is 0 Å². The number of likely N-dealkylation sites (tertiary alicyclic amines) is 1. The number of nitrogens with one attached hydrogen (secondary N) is 2. The van der Waals surface area contributed by atoms with Crippen LogP contribution in [-0.2, 0) is 11.3 Å². The van der Waals surface area contributed by atoms with Crippen molar-refractivity contribution in [3.05, 3.63) is 84.4 Å². The number of benzene rings is 3. The first-order valence-electron chi connectivity index (χ1n) is 12.5. The van der Waals surface area contributed by atoms with Gasteiger partial charge in [-0.25, -0.2) is 9.97 Å². The third-order valence-electron chi connectivity index (χ3n) is 6.90. The van der Waals surface area contributed by atoms with Gasteiger partial charge in [-0.05, 0) is 24.1 Å². The van der Waals surface area contributed by atoms with E-state index in [9.17, 15) is 4.79 Å². The minimum absolute atomic E-state index is 0.0458. The van der Waals surface area contributed by atoms with Gasteiger partial charge in [0.1, 0.15) is 0 Å². The molecule has 36 heavy (non-hydrogen) atoms. The Labute approximate surface area is 215 Å². The second kappa shape index (κ2) is 10.4. The predicted octanol–water partition coefficient (Wildman–Crippen LogP) is 4.32. The van der Waals surface area contributed by atoms with Crippen molar-refractivity contribution in [2.24, 2.45) is 0 Å². The highest BCUT2D eigenvalue weighted by molar-refractivity contribution is 7.99. The minimum Gasteiger partial charge on any atom is -0.351 e. The Bertz CT molecular complexity index is 1360. The van der Waals surface area contributed by atoms with E-state index in [2.05, 4.69) is 51.9 Å². The third kappa shape index (κ3) is 5.00. The number of fused-ring (bicyclic) bond motifs is 1. The van der Waals surface area contributed by atoms with Crippen molar-refractivity contribution in [3.8, 4) is 22.5 Å². The van der Waals surface area contributed by atoms with Crippen molar-refractivity contribution in [3.63, 3.8) is 0 Å². The van der Waals surface area contributed by atoms with Gasteiger partial charge in [-0.15, -0.1) is 11.8 Å². The van der Waals surface area contributed by atoms with Gasteiger partial charge in [0.25, 0.3) is 0 Å². The van der Waals surface area contributed by atoms with E-state index in [0.717, 1.165) is 71.2 Å². The number of nitrogens with zero attached hydrogens (tertiary/aromatic N) is 3. The molecule has 2 aliphatic heterocycles. The molecule has 0 spiro atoms. The topological polar surface area (TPSA) is 70.2 Å². The zero-order valence-corrected chi connectivity index (χ0v) is 20.9. The molecule has 1 aromatic heterocycles. The molecule has 7 heteroatoms. The van der Waals surface area contributed by atoms with Gasteiger partial charge in [0.05, 0.1) is 28.5 Å². The molecular weight excluding hydrogens is 466 g/mol. The van der Waals surface area contributed by atoms with Gasteiger partial charge in [0.2, 0.25) is 5.91 Å². The molecule has 2 saturated heterocycles. The van der Waals surface area contributed by atoms with Gasteiger partial charge in [-0.1, -0.05) is 66.7 Å². The largest absolute Gasteiger partial charge is 0.351 e. The lowest BCUT2D eigenvalue weighted by Crippen LogP contribution is -2.47. The van der Waals surface area contributed by atoms with E-state index in [4.69, 9.17) is 9.97 Å². The standard InChI is InChI=1S/C29H29N5OS/c35-29(26-18-36-19-30-26)31-23-14-15-34(17-23)16-20-10-12-22(13-11-20)28-27(21-6-2-1-3-7-21)32-24-8-4-5-9-25(24)33-28/h1-13,23,26,30H,14-19H2,(H,31,35). The van der Waals surface area contributed by atoms with Gasteiger partial charge in [-0.2, -0.15) is 0 Å². The molecule has 3 heterocycles. The van der Waals surface area contributed by atoms with Gasteiger partial charge in [0, 0.05) is 48.4 Å². The van der Waals surface area contributed by atoms with Crippen LogP contribution in [0.1, 0.15) is 12.0 Å². The van der Waals surface area contributed by atoms with Crippen LogP contribution in [0, 0.1) is 0 Å². The summed E-state index contributed by atoms with van der Waals surface area (Å²) in [6.07, 6.45) is 0.997. The average molecular weight is 496 g/mol. The highest BCUT2D eigenvalue weighted by atomic mass is 32.2. The Kier molecular flexibility index (Phi) is 6.68. The number of aromatic nitrogens is 2. The number of hydrogen-bond donors (Lipinski definition) is 2. The fourth-order valence-corrected chi connectivity index (χ4v) is 5.93. The van der Waals surface area contributed by atoms with Crippen LogP contribution in [0.5, 0.6) is 0 Å². The van der Waals surface area contributed by atoms with Crippen molar-refractivity contribution in [1.82, 2.24) is 25.5 Å². The predicted molar refractivity (Wildman–Crippen MR) is 146 cm³/mol. The number of rotatable bonds is 6. The number of carbonyl (C=O) groups is 1. The fraction of sp³-hybridized carbons (Fsp3) is 0.276. The first-order valence-corrected chi connectivity index (χ1v) is 13.6. The molecule has 0 aliphatic carbocycles. The maximum atomic E-state index is 12.4.